The number of rotatable bonds is 4. The Labute approximate surface area is 130 Å². The highest BCUT2D eigenvalue weighted by atomic mass is 35.5. The van der Waals surface area contributed by atoms with Gasteiger partial charge in [-0.15, -0.1) is 0 Å². The second-order valence-electron chi connectivity index (χ2n) is 4.07. The topological polar surface area (TPSA) is 98.0 Å². The number of nitrogens with zero attached hydrogens (tertiary/aromatic N) is 2. The molecule has 10 heteroatoms. The van der Waals surface area contributed by atoms with Crippen LogP contribution in [0.4, 0.5) is 15.9 Å². The van der Waals surface area contributed by atoms with Crippen molar-refractivity contribution >= 4 is 44.7 Å². The quantitative estimate of drug-likeness (QED) is 0.825. The van der Waals surface area contributed by atoms with Crippen LogP contribution in [0.1, 0.15) is 5.56 Å². The fraction of sp³-hybridized carbons (Fsp3) is 0.0909. The first-order valence-electron chi connectivity index (χ1n) is 5.48. The van der Waals surface area contributed by atoms with E-state index in [9.17, 15) is 12.8 Å². The number of anilines is 2. The summed E-state index contributed by atoms with van der Waals surface area (Å²) in [7, 11) is -3.83. The molecule has 0 saturated carbocycles. The Hall–Kier alpha value is -1.48. The van der Waals surface area contributed by atoms with E-state index in [1.165, 1.54) is 12.3 Å². The number of aromatic nitrogens is 2. The lowest BCUT2D eigenvalue weighted by Gasteiger charge is -2.12. The van der Waals surface area contributed by atoms with Gasteiger partial charge in [-0.2, -0.15) is 4.98 Å². The van der Waals surface area contributed by atoms with Gasteiger partial charge in [0.25, 0.3) is 0 Å². The molecule has 0 fully saturated rings. The minimum absolute atomic E-state index is 0.0444. The Morgan fingerprint density at radius 3 is 2.71 bits per heavy atom. The molecule has 0 saturated heterocycles. The van der Waals surface area contributed by atoms with Crippen molar-refractivity contribution in [1.82, 2.24) is 9.97 Å². The lowest BCUT2D eigenvalue weighted by atomic mass is 10.2. The van der Waals surface area contributed by atoms with E-state index in [1.807, 2.05) is 0 Å². The predicted molar refractivity (Wildman–Crippen MR) is 78.5 cm³/mol. The average molecular weight is 351 g/mol. The normalized spacial score (nSPS) is 11.4. The van der Waals surface area contributed by atoms with Crippen LogP contribution in [0.3, 0.4) is 0 Å². The molecule has 2 aromatic rings. The molecule has 3 N–H and O–H groups in total. The first-order chi connectivity index (χ1) is 9.74. The summed E-state index contributed by atoms with van der Waals surface area (Å²) < 4.78 is 35.7. The van der Waals surface area contributed by atoms with Gasteiger partial charge in [0, 0.05) is 5.69 Å². The van der Waals surface area contributed by atoms with Crippen LogP contribution in [0, 0.1) is 5.82 Å². The van der Waals surface area contributed by atoms with Gasteiger partial charge < -0.3 is 5.32 Å². The maximum atomic E-state index is 13.3. The minimum Gasteiger partial charge on any atom is -0.339 e. The number of nitrogens with one attached hydrogen (secondary N) is 1. The first-order valence-corrected chi connectivity index (χ1v) is 7.96. The summed E-state index contributed by atoms with van der Waals surface area (Å²) in [6.45, 7) is 0. The third-order valence-electron chi connectivity index (χ3n) is 2.39. The molecule has 0 radical (unpaired) electrons. The number of benzene rings is 1. The van der Waals surface area contributed by atoms with Crippen molar-refractivity contribution in [2.24, 2.45) is 5.14 Å². The molecule has 1 aromatic heterocycles. The molecule has 0 atom stereocenters. The van der Waals surface area contributed by atoms with E-state index >= 15 is 0 Å². The zero-order valence-electron chi connectivity index (χ0n) is 10.3. The monoisotopic (exact) mass is 350 g/mol. The van der Waals surface area contributed by atoms with Crippen molar-refractivity contribution in [2.45, 2.75) is 5.75 Å². The van der Waals surface area contributed by atoms with Crippen molar-refractivity contribution in [3.05, 3.63) is 46.1 Å². The zero-order valence-corrected chi connectivity index (χ0v) is 12.7. The van der Waals surface area contributed by atoms with E-state index in [0.717, 1.165) is 12.1 Å². The molecule has 0 amide bonds. The molecular weight excluding hydrogens is 342 g/mol. The van der Waals surface area contributed by atoms with Gasteiger partial charge in [-0.3, -0.25) is 0 Å². The zero-order chi connectivity index (χ0) is 15.6. The smallest absolute Gasteiger partial charge is 0.224 e. The van der Waals surface area contributed by atoms with Crippen LogP contribution in [0.2, 0.25) is 10.3 Å². The number of primary sulfonamides is 1. The molecule has 1 heterocycles. The van der Waals surface area contributed by atoms with Crippen LogP contribution in [0.15, 0.2) is 24.4 Å². The van der Waals surface area contributed by atoms with Crippen LogP contribution < -0.4 is 10.5 Å². The molecule has 0 unspecified atom stereocenters. The van der Waals surface area contributed by atoms with Gasteiger partial charge in [-0.25, -0.2) is 22.9 Å². The summed E-state index contributed by atoms with van der Waals surface area (Å²) >= 11 is 11.6. The SMILES string of the molecule is NS(=O)(=O)Cc1cc(F)ccc1Nc1nc(Cl)ncc1Cl. The van der Waals surface area contributed by atoms with Crippen molar-refractivity contribution in [3.8, 4) is 0 Å². The molecule has 0 aliphatic carbocycles. The largest absolute Gasteiger partial charge is 0.339 e. The van der Waals surface area contributed by atoms with Crippen LogP contribution in [0.5, 0.6) is 0 Å². The standard InChI is InChI=1S/C11H9Cl2FN4O2S/c12-8-4-16-11(13)18-10(8)17-9-2-1-7(14)3-6(9)5-21(15,19)20/h1-4H,5H2,(H2,15,19,20)(H,16,17,18). The van der Waals surface area contributed by atoms with E-state index in [4.69, 9.17) is 28.3 Å². The summed E-state index contributed by atoms with van der Waals surface area (Å²) in [6.07, 6.45) is 1.28. The van der Waals surface area contributed by atoms with Crippen LogP contribution in [0.25, 0.3) is 0 Å². The van der Waals surface area contributed by atoms with Gasteiger partial charge >= 0.3 is 0 Å². The molecule has 6 nitrogen and oxygen atoms in total. The van der Waals surface area contributed by atoms with Gasteiger partial charge in [0.2, 0.25) is 15.3 Å². The maximum Gasteiger partial charge on any atom is 0.224 e. The molecule has 0 bridgehead atoms. The molecule has 0 aliphatic rings. The second-order valence-corrected chi connectivity index (χ2v) is 6.43. The van der Waals surface area contributed by atoms with Gasteiger partial charge in [-0.05, 0) is 35.4 Å². The molecule has 112 valence electrons. The number of halogens is 3. The Kier molecular flexibility index (Phi) is 4.62. The van der Waals surface area contributed by atoms with Crippen LogP contribution >= 0.6 is 23.2 Å². The maximum absolute atomic E-state index is 13.3. The highest BCUT2D eigenvalue weighted by Gasteiger charge is 2.13. The average Bonchev–Trinajstić information content (AvgIpc) is 2.35. The summed E-state index contributed by atoms with van der Waals surface area (Å²) in [4.78, 5) is 7.55. The molecule has 0 spiro atoms. The second kappa shape index (κ2) is 6.10. The molecule has 2 rings (SSSR count). The fourth-order valence-electron chi connectivity index (χ4n) is 1.58. The lowest BCUT2D eigenvalue weighted by Crippen LogP contribution is -2.15. The van der Waals surface area contributed by atoms with E-state index in [2.05, 4.69) is 15.3 Å². The van der Waals surface area contributed by atoms with Gasteiger partial charge in [-0.1, -0.05) is 11.6 Å². The first kappa shape index (κ1) is 15.9. The summed E-state index contributed by atoms with van der Waals surface area (Å²) in [5.41, 5.74) is 0.436. The van der Waals surface area contributed by atoms with Crippen molar-refractivity contribution in [2.75, 3.05) is 5.32 Å². The molecular formula is C11H9Cl2FN4O2S. The third-order valence-corrected chi connectivity index (χ3v) is 3.56. The van der Waals surface area contributed by atoms with Crippen LogP contribution in [-0.2, 0) is 15.8 Å². The molecule has 0 aliphatic heterocycles. The number of nitrogens with two attached hydrogens (primary N) is 1. The third kappa shape index (κ3) is 4.50. The Morgan fingerprint density at radius 2 is 2.05 bits per heavy atom. The predicted octanol–water partition coefficient (Wildman–Crippen LogP) is 2.45. The summed E-state index contributed by atoms with van der Waals surface area (Å²) in [5, 5.41) is 7.89. The summed E-state index contributed by atoms with van der Waals surface area (Å²) in [5.74, 6) is -0.964. The molecule has 1 aromatic carbocycles. The molecule has 21 heavy (non-hydrogen) atoms. The van der Waals surface area contributed by atoms with Gasteiger partial charge in [0.1, 0.15) is 10.8 Å². The van der Waals surface area contributed by atoms with E-state index in [0.29, 0.717) is 5.69 Å². The number of hydrogen-bond donors (Lipinski definition) is 2. The van der Waals surface area contributed by atoms with E-state index in [-0.39, 0.29) is 21.7 Å². The highest BCUT2D eigenvalue weighted by Crippen LogP contribution is 2.27. The van der Waals surface area contributed by atoms with Crippen molar-refractivity contribution < 1.29 is 12.8 Å². The highest BCUT2D eigenvalue weighted by molar-refractivity contribution is 7.88. The van der Waals surface area contributed by atoms with E-state index in [1.54, 1.807) is 0 Å². The van der Waals surface area contributed by atoms with Crippen molar-refractivity contribution in [1.29, 1.82) is 0 Å². The number of hydrogen-bond acceptors (Lipinski definition) is 5. The summed E-state index contributed by atoms with van der Waals surface area (Å²) in [6, 6.07) is 3.57. The van der Waals surface area contributed by atoms with Crippen molar-refractivity contribution in [3.63, 3.8) is 0 Å². The Balaban J connectivity index is 2.42. The Bertz CT molecular complexity index is 786. The van der Waals surface area contributed by atoms with Gasteiger partial charge in [0.05, 0.1) is 11.9 Å². The minimum atomic E-state index is -3.83. The number of sulfonamides is 1. The lowest BCUT2D eigenvalue weighted by molar-refractivity contribution is 0.596. The Morgan fingerprint density at radius 1 is 1.33 bits per heavy atom. The van der Waals surface area contributed by atoms with E-state index < -0.39 is 21.6 Å². The fourth-order valence-corrected chi connectivity index (χ4v) is 2.53. The van der Waals surface area contributed by atoms with Crippen LogP contribution in [-0.4, -0.2) is 18.4 Å². The van der Waals surface area contributed by atoms with Gasteiger partial charge in [0.15, 0.2) is 5.82 Å².